The molecule has 0 atom stereocenters. The predicted molar refractivity (Wildman–Crippen MR) is 48.1 cm³/mol. The summed E-state index contributed by atoms with van der Waals surface area (Å²) < 4.78 is 29.8. The maximum atomic E-state index is 12.5. The molecule has 84 valence electrons. The summed E-state index contributed by atoms with van der Waals surface area (Å²) >= 11 is 0. The third-order valence-corrected chi connectivity index (χ3v) is 1.60. The highest BCUT2D eigenvalue weighted by atomic mass is 19.3. The molecule has 0 bridgehead atoms. The number of amides is 1. The lowest BCUT2D eigenvalue weighted by atomic mass is 10.3. The number of nitrogens with one attached hydrogen (secondary N) is 1. The van der Waals surface area contributed by atoms with Gasteiger partial charge in [0.05, 0.1) is 13.1 Å². The molecule has 0 aliphatic carbocycles. The van der Waals surface area contributed by atoms with Crippen LogP contribution in [0.4, 0.5) is 8.78 Å². The van der Waals surface area contributed by atoms with Crippen molar-refractivity contribution in [2.75, 3.05) is 26.8 Å². The lowest BCUT2D eigenvalue weighted by molar-refractivity contribution is -0.123. The quantitative estimate of drug-likeness (QED) is 0.587. The largest absolute Gasteiger partial charge is 0.385 e. The van der Waals surface area contributed by atoms with Crippen molar-refractivity contribution >= 4 is 5.91 Å². The minimum atomic E-state index is -3.02. The summed E-state index contributed by atoms with van der Waals surface area (Å²) in [6, 6.07) is 0. The second-order valence-electron chi connectivity index (χ2n) is 2.93. The number of hydrogen-bond acceptors (Lipinski definition) is 3. The molecule has 0 unspecified atom stereocenters. The first-order valence-corrected chi connectivity index (χ1v) is 4.35. The van der Waals surface area contributed by atoms with E-state index < -0.39 is 24.9 Å². The van der Waals surface area contributed by atoms with E-state index in [4.69, 9.17) is 10.5 Å². The van der Waals surface area contributed by atoms with Crippen molar-refractivity contribution < 1.29 is 18.3 Å². The Morgan fingerprint density at radius 1 is 1.57 bits per heavy atom. The summed E-state index contributed by atoms with van der Waals surface area (Å²) in [7, 11) is 1.51. The Kier molecular flexibility index (Phi) is 6.31. The van der Waals surface area contributed by atoms with Crippen molar-refractivity contribution in [2.24, 2.45) is 5.73 Å². The molecule has 0 saturated carbocycles. The average molecular weight is 210 g/mol. The van der Waals surface area contributed by atoms with E-state index >= 15 is 0 Å². The Morgan fingerprint density at radius 2 is 2.21 bits per heavy atom. The van der Waals surface area contributed by atoms with Crippen LogP contribution in [-0.2, 0) is 9.53 Å². The van der Waals surface area contributed by atoms with Gasteiger partial charge >= 0.3 is 0 Å². The second kappa shape index (κ2) is 6.67. The highest BCUT2D eigenvalue weighted by Crippen LogP contribution is 2.08. The normalized spacial score (nSPS) is 11.4. The highest BCUT2D eigenvalue weighted by Gasteiger charge is 2.26. The zero-order chi connectivity index (χ0) is 11.0. The summed E-state index contributed by atoms with van der Waals surface area (Å²) in [6.45, 7) is -1.01. The maximum Gasteiger partial charge on any atom is 0.277 e. The van der Waals surface area contributed by atoms with Gasteiger partial charge in [-0.15, -0.1) is 0 Å². The van der Waals surface area contributed by atoms with E-state index in [0.29, 0.717) is 13.0 Å². The van der Waals surface area contributed by atoms with Crippen molar-refractivity contribution in [2.45, 2.75) is 18.8 Å². The number of hydrogen-bond donors (Lipinski definition) is 2. The molecule has 4 nitrogen and oxygen atoms in total. The van der Waals surface area contributed by atoms with E-state index in [2.05, 4.69) is 5.32 Å². The van der Waals surface area contributed by atoms with Crippen LogP contribution >= 0.6 is 0 Å². The van der Waals surface area contributed by atoms with Gasteiger partial charge in [-0.1, -0.05) is 0 Å². The highest BCUT2D eigenvalue weighted by molar-refractivity contribution is 5.75. The number of carbonyl (C=O) groups is 1. The fraction of sp³-hybridized carbons (Fsp3) is 0.875. The lowest BCUT2D eigenvalue weighted by Crippen LogP contribution is -2.41. The smallest absolute Gasteiger partial charge is 0.277 e. The fourth-order valence-electron chi connectivity index (χ4n) is 0.766. The fourth-order valence-corrected chi connectivity index (χ4v) is 0.766. The Balaban J connectivity index is 3.53. The first-order chi connectivity index (χ1) is 6.52. The molecule has 6 heteroatoms. The number of ether oxygens (including phenoxy) is 1. The summed E-state index contributed by atoms with van der Waals surface area (Å²) in [4.78, 5) is 10.9. The minimum absolute atomic E-state index is 0.189. The molecule has 0 heterocycles. The molecule has 0 rings (SSSR count). The van der Waals surface area contributed by atoms with Crippen molar-refractivity contribution in [3.05, 3.63) is 0 Å². The molecule has 0 aliphatic heterocycles. The summed E-state index contributed by atoms with van der Waals surface area (Å²) in [5, 5.41) is 2.11. The Morgan fingerprint density at radius 3 is 2.71 bits per heavy atom. The maximum absolute atomic E-state index is 12.5. The number of alkyl halides is 2. The van der Waals surface area contributed by atoms with Crippen molar-refractivity contribution in [3.63, 3.8) is 0 Å². The van der Waals surface area contributed by atoms with Crippen LogP contribution in [0.1, 0.15) is 12.8 Å². The van der Waals surface area contributed by atoms with Crippen LogP contribution in [0.2, 0.25) is 0 Å². The predicted octanol–water partition coefficient (Wildman–Crippen LogP) is 0.123. The number of methoxy groups -OCH3 is 1. The molecule has 1 amide bonds. The SMILES string of the molecule is COCCCC(=O)NCC(F)(F)CN. The molecule has 3 N–H and O–H groups in total. The standard InChI is InChI=1S/C8H16F2N2O2/c1-14-4-2-3-7(13)12-6-8(9,10)5-11/h2-6,11H2,1H3,(H,12,13). The van der Waals surface area contributed by atoms with Crippen LogP contribution in [-0.4, -0.2) is 38.6 Å². The number of carbonyl (C=O) groups excluding carboxylic acids is 1. The van der Waals surface area contributed by atoms with E-state index in [1.54, 1.807) is 0 Å². The number of nitrogens with two attached hydrogens (primary N) is 1. The average Bonchev–Trinajstić information content (AvgIpc) is 2.16. The monoisotopic (exact) mass is 210 g/mol. The lowest BCUT2D eigenvalue weighted by Gasteiger charge is -2.14. The van der Waals surface area contributed by atoms with Crippen LogP contribution in [0.15, 0.2) is 0 Å². The van der Waals surface area contributed by atoms with Crippen LogP contribution in [0.5, 0.6) is 0 Å². The molecule has 0 aliphatic rings. The number of halogens is 2. The molecule has 0 fully saturated rings. The van der Waals surface area contributed by atoms with Gasteiger partial charge in [-0.25, -0.2) is 8.78 Å². The topological polar surface area (TPSA) is 64.3 Å². The summed E-state index contributed by atoms with van der Waals surface area (Å²) in [5.41, 5.74) is 4.79. The zero-order valence-corrected chi connectivity index (χ0v) is 8.19. The second-order valence-corrected chi connectivity index (χ2v) is 2.93. The minimum Gasteiger partial charge on any atom is -0.385 e. The van der Waals surface area contributed by atoms with Gasteiger partial charge in [0.25, 0.3) is 5.92 Å². The van der Waals surface area contributed by atoms with E-state index in [0.717, 1.165) is 0 Å². The number of rotatable bonds is 7. The molecular weight excluding hydrogens is 194 g/mol. The van der Waals surface area contributed by atoms with Gasteiger partial charge in [0.2, 0.25) is 5.91 Å². The molecule has 0 spiro atoms. The van der Waals surface area contributed by atoms with E-state index in [-0.39, 0.29) is 6.42 Å². The van der Waals surface area contributed by atoms with Crippen molar-refractivity contribution in [3.8, 4) is 0 Å². The molecule has 0 radical (unpaired) electrons. The van der Waals surface area contributed by atoms with Gasteiger partial charge in [-0.05, 0) is 6.42 Å². The van der Waals surface area contributed by atoms with Crippen LogP contribution in [0.25, 0.3) is 0 Å². The third-order valence-electron chi connectivity index (χ3n) is 1.60. The third kappa shape index (κ3) is 6.73. The first kappa shape index (κ1) is 13.2. The van der Waals surface area contributed by atoms with Gasteiger partial charge < -0.3 is 15.8 Å². The first-order valence-electron chi connectivity index (χ1n) is 4.35. The van der Waals surface area contributed by atoms with Crippen LogP contribution < -0.4 is 11.1 Å². The van der Waals surface area contributed by atoms with Crippen LogP contribution in [0.3, 0.4) is 0 Å². The van der Waals surface area contributed by atoms with E-state index in [1.807, 2.05) is 0 Å². The Bertz CT molecular complexity index is 177. The molecule has 0 aromatic heterocycles. The van der Waals surface area contributed by atoms with Gasteiger partial charge in [-0.3, -0.25) is 4.79 Å². The van der Waals surface area contributed by atoms with Crippen molar-refractivity contribution in [1.29, 1.82) is 0 Å². The van der Waals surface area contributed by atoms with Gasteiger partial charge in [-0.2, -0.15) is 0 Å². The summed E-state index contributed by atoms with van der Waals surface area (Å²) in [5.74, 6) is -3.42. The molecule has 0 aromatic carbocycles. The molecular formula is C8H16F2N2O2. The zero-order valence-electron chi connectivity index (χ0n) is 8.19. The van der Waals surface area contributed by atoms with E-state index in [1.165, 1.54) is 7.11 Å². The van der Waals surface area contributed by atoms with Gasteiger partial charge in [0.1, 0.15) is 0 Å². The molecule has 14 heavy (non-hydrogen) atoms. The molecule has 0 aromatic rings. The van der Waals surface area contributed by atoms with E-state index in [9.17, 15) is 13.6 Å². The molecule has 0 saturated heterocycles. The van der Waals surface area contributed by atoms with Gasteiger partial charge in [0, 0.05) is 20.1 Å². The Hall–Kier alpha value is -0.750. The Labute approximate surface area is 81.8 Å². The summed E-state index contributed by atoms with van der Waals surface area (Å²) in [6.07, 6.45) is 0.713. The van der Waals surface area contributed by atoms with Crippen LogP contribution in [0, 0.1) is 0 Å². The van der Waals surface area contributed by atoms with Gasteiger partial charge in [0.15, 0.2) is 0 Å². The van der Waals surface area contributed by atoms with Crippen molar-refractivity contribution in [1.82, 2.24) is 5.32 Å².